The molecular formula is C22H27N5O. The average Bonchev–Trinajstić information content (AvgIpc) is 2.68. The van der Waals surface area contributed by atoms with Gasteiger partial charge in [-0.2, -0.15) is 4.98 Å². The summed E-state index contributed by atoms with van der Waals surface area (Å²) >= 11 is 0. The van der Waals surface area contributed by atoms with Gasteiger partial charge in [0.05, 0.1) is 18.0 Å². The van der Waals surface area contributed by atoms with Crippen LogP contribution in [-0.4, -0.2) is 32.7 Å². The van der Waals surface area contributed by atoms with E-state index < -0.39 is 0 Å². The van der Waals surface area contributed by atoms with Gasteiger partial charge >= 0.3 is 0 Å². The first-order valence-corrected chi connectivity index (χ1v) is 9.51. The highest BCUT2D eigenvalue weighted by atomic mass is 16.3. The van der Waals surface area contributed by atoms with E-state index in [1.807, 2.05) is 31.2 Å². The molecule has 0 saturated heterocycles. The summed E-state index contributed by atoms with van der Waals surface area (Å²) in [6, 6.07) is 13.8. The molecule has 1 atom stereocenters. The molecule has 0 amide bonds. The molecule has 0 saturated carbocycles. The Morgan fingerprint density at radius 1 is 1.00 bits per heavy atom. The molecule has 0 bridgehead atoms. The van der Waals surface area contributed by atoms with E-state index in [9.17, 15) is 5.11 Å². The molecule has 28 heavy (non-hydrogen) atoms. The van der Waals surface area contributed by atoms with E-state index in [4.69, 9.17) is 0 Å². The van der Waals surface area contributed by atoms with Crippen LogP contribution in [0.1, 0.15) is 37.8 Å². The molecule has 6 nitrogen and oxygen atoms in total. The monoisotopic (exact) mass is 377 g/mol. The number of hydrogen-bond acceptors (Lipinski definition) is 6. The van der Waals surface area contributed by atoms with Gasteiger partial charge in [0.2, 0.25) is 5.95 Å². The van der Waals surface area contributed by atoms with Gasteiger partial charge in [-0.25, -0.2) is 4.98 Å². The van der Waals surface area contributed by atoms with Gasteiger partial charge in [-0.1, -0.05) is 26.0 Å². The summed E-state index contributed by atoms with van der Waals surface area (Å²) in [5.74, 6) is 1.60. The van der Waals surface area contributed by atoms with E-state index in [0.29, 0.717) is 23.4 Å². The van der Waals surface area contributed by atoms with Crippen molar-refractivity contribution in [2.24, 2.45) is 0 Å². The van der Waals surface area contributed by atoms with E-state index in [1.165, 1.54) is 11.1 Å². The number of aliphatic hydroxyl groups excluding tert-OH is 1. The molecule has 3 aromatic rings. The number of aliphatic hydroxyl groups is 1. The van der Waals surface area contributed by atoms with Gasteiger partial charge in [0.25, 0.3) is 0 Å². The van der Waals surface area contributed by atoms with Crippen LogP contribution in [0.2, 0.25) is 0 Å². The molecule has 2 aromatic heterocycles. The Balaban J connectivity index is 1.95. The lowest BCUT2D eigenvalue weighted by molar-refractivity contribution is 0.281. The van der Waals surface area contributed by atoms with Gasteiger partial charge in [0, 0.05) is 24.0 Å². The van der Waals surface area contributed by atoms with Crippen LogP contribution in [0, 0.1) is 6.92 Å². The molecule has 0 fully saturated rings. The third kappa shape index (κ3) is 4.84. The maximum absolute atomic E-state index is 9.34. The Morgan fingerprint density at radius 3 is 2.46 bits per heavy atom. The molecule has 3 rings (SSSR count). The fourth-order valence-electron chi connectivity index (χ4n) is 3.04. The van der Waals surface area contributed by atoms with Crippen molar-refractivity contribution in [1.82, 2.24) is 15.0 Å². The van der Waals surface area contributed by atoms with E-state index in [-0.39, 0.29) is 12.6 Å². The molecule has 146 valence electrons. The number of nitrogens with zero attached hydrogens (tertiary/aromatic N) is 3. The Hall–Kier alpha value is -2.99. The van der Waals surface area contributed by atoms with Crippen molar-refractivity contribution < 1.29 is 5.11 Å². The molecule has 2 heterocycles. The number of hydrogen-bond donors (Lipinski definition) is 3. The smallest absolute Gasteiger partial charge is 0.225 e. The second-order valence-electron chi connectivity index (χ2n) is 7.26. The Labute approximate surface area is 166 Å². The molecule has 0 aliphatic rings. The van der Waals surface area contributed by atoms with Gasteiger partial charge in [0.15, 0.2) is 0 Å². The van der Waals surface area contributed by atoms with Crippen LogP contribution < -0.4 is 10.6 Å². The molecule has 0 spiro atoms. The summed E-state index contributed by atoms with van der Waals surface area (Å²) in [6.45, 7) is 8.38. The quantitative estimate of drug-likeness (QED) is 0.562. The third-order valence-corrected chi connectivity index (χ3v) is 4.47. The Bertz CT molecular complexity index is 927. The van der Waals surface area contributed by atoms with E-state index in [0.717, 1.165) is 11.4 Å². The van der Waals surface area contributed by atoms with E-state index >= 15 is 0 Å². The van der Waals surface area contributed by atoms with Crippen molar-refractivity contribution in [1.29, 1.82) is 0 Å². The fourth-order valence-corrected chi connectivity index (χ4v) is 3.04. The van der Waals surface area contributed by atoms with Crippen molar-refractivity contribution in [3.63, 3.8) is 0 Å². The normalized spacial score (nSPS) is 12.1. The SMILES string of the molecule is Cc1cc(Nc2cc(-c3ccccn3)nc(N[C@H](C)CO)n2)ccc1C(C)C. The van der Waals surface area contributed by atoms with E-state index in [1.54, 1.807) is 6.20 Å². The summed E-state index contributed by atoms with van der Waals surface area (Å²) < 4.78 is 0. The first-order valence-electron chi connectivity index (χ1n) is 9.51. The van der Waals surface area contributed by atoms with Gasteiger partial charge in [-0.15, -0.1) is 0 Å². The maximum atomic E-state index is 9.34. The predicted molar refractivity (Wildman–Crippen MR) is 114 cm³/mol. The highest BCUT2D eigenvalue weighted by Crippen LogP contribution is 2.26. The summed E-state index contributed by atoms with van der Waals surface area (Å²) in [5.41, 5.74) is 5.02. The van der Waals surface area contributed by atoms with Crippen LogP contribution in [0.15, 0.2) is 48.7 Å². The van der Waals surface area contributed by atoms with E-state index in [2.05, 4.69) is 64.6 Å². The molecule has 1 aromatic carbocycles. The van der Waals surface area contributed by atoms with Crippen molar-refractivity contribution >= 4 is 17.5 Å². The summed E-state index contributed by atoms with van der Waals surface area (Å²) in [4.78, 5) is 13.5. The van der Waals surface area contributed by atoms with Crippen LogP contribution in [-0.2, 0) is 0 Å². The van der Waals surface area contributed by atoms with Crippen molar-refractivity contribution in [2.45, 2.75) is 39.7 Å². The minimum atomic E-state index is -0.153. The zero-order chi connectivity index (χ0) is 20.1. The molecule has 0 aliphatic heterocycles. The second-order valence-corrected chi connectivity index (χ2v) is 7.26. The van der Waals surface area contributed by atoms with Crippen LogP contribution >= 0.6 is 0 Å². The topological polar surface area (TPSA) is 83.0 Å². The predicted octanol–water partition coefficient (Wildman–Crippen LogP) is 4.51. The van der Waals surface area contributed by atoms with Crippen LogP contribution in [0.5, 0.6) is 0 Å². The number of benzene rings is 1. The summed E-state index contributed by atoms with van der Waals surface area (Å²) in [7, 11) is 0. The zero-order valence-corrected chi connectivity index (χ0v) is 16.8. The Morgan fingerprint density at radius 2 is 1.82 bits per heavy atom. The standard InChI is InChI=1S/C22H27N5O/c1-14(2)18-9-8-17(11-15(18)3)25-21-12-20(19-7-5-6-10-23-19)26-22(27-21)24-16(4)13-28/h5-12,14,16,28H,13H2,1-4H3,(H2,24,25,26,27)/t16-/m1/s1. The van der Waals surface area contributed by atoms with Crippen LogP contribution in [0.3, 0.4) is 0 Å². The van der Waals surface area contributed by atoms with Gasteiger partial charge in [0.1, 0.15) is 5.82 Å². The number of pyridine rings is 1. The van der Waals surface area contributed by atoms with Gasteiger partial charge in [-0.3, -0.25) is 4.98 Å². The lowest BCUT2D eigenvalue weighted by Crippen LogP contribution is -2.21. The highest BCUT2D eigenvalue weighted by molar-refractivity contribution is 5.66. The summed E-state index contributed by atoms with van der Waals surface area (Å²) in [5, 5.41) is 15.8. The first-order chi connectivity index (χ1) is 13.5. The molecule has 6 heteroatoms. The zero-order valence-electron chi connectivity index (χ0n) is 16.8. The van der Waals surface area contributed by atoms with Crippen molar-refractivity contribution in [3.8, 4) is 11.4 Å². The van der Waals surface area contributed by atoms with Gasteiger partial charge < -0.3 is 15.7 Å². The number of rotatable bonds is 7. The maximum Gasteiger partial charge on any atom is 0.225 e. The van der Waals surface area contributed by atoms with Crippen molar-refractivity contribution in [3.05, 3.63) is 59.8 Å². The molecule has 3 N–H and O–H groups in total. The summed E-state index contributed by atoms with van der Waals surface area (Å²) in [6.07, 6.45) is 1.74. The largest absolute Gasteiger partial charge is 0.394 e. The number of anilines is 3. The minimum absolute atomic E-state index is 0.00417. The van der Waals surface area contributed by atoms with Gasteiger partial charge in [-0.05, 0) is 55.2 Å². The van der Waals surface area contributed by atoms with Crippen LogP contribution in [0.25, 0.3) is 11.4 Å². The van der Waals surface area contributed by atoms with Crippen LogP contribution in [0.4, 0.5) is 17.5 Å². The molecule has 0 aliphatic carbocycles. The minimum Gasteiger partial charge on any atom is -0.394 e. The van der Waals surface area contributed by atoms with Crippen molar-refractivity contribution in [2.75, 3.05) is 17.2 Å². The highest BCUT2D eigenvalue weighted by Gasteiger charge is 2.11. The second kappa shape index (κ2) is 8.80. The fraction of sp³-hybridized carbons (Fsp3) is 0.318. The number of aryl methyl sites for hydroxylation is 1. The molecule has 0 unspecified atom stereocenters. The number of aromatic nitrogens is 3. The first kappa shape index (κ1) is 19.8. The lowest BCUT2D eigenvalue weighted by atomic mass is 9.98. The molecular weight excluding hydrogens is 350 g/mol. The number of nitrogens with one attached hydrogen (secondary N) is 2. The Kier molecular flexibility index (Phi) is 6.21. The average molecular weight is 377 g/mol. The third-order valence-electron chi connectivity index (χ3n) is 4.47. The lowest BCUT2D eigenvalue weighted by Gasteiger charge is -2.15. The molecule has 0 radical (unpaired) electrons.